The molecule has 0 aromatic carbocycles. The summed E-state index contributed by atoms with van der Waals surface area (Å²) in [5.41, 5.74) is 4.53. The van der Waals surface area contributed by atoms with Crippen molar-refractivity contribution >= 4 is 17.4 Å². The second-order valence-electron chi connectivity index (χ2n) is 6.01. The number of carbonyl (C=O) groups excluding carboxylic acids is 1. The van der Waals surface area contributed by atoms with Crippen molar-refractivity contribution in [3.63, 3.8) is 0 Å². The number of fused-ring (bicyclic) bond motifs is 1. The van der Waals surface area contributed by atoms with Crippen LogP contribution in [-0.2, 0) is 7.05 Å². The number of nitrogens with zero attached hydrogens (tertiary/aromatic N) is 6. The molecule has 4 rings (SSSR count). The first kappa shape index (κ1) is 16.7. The van der Waals surface area contributed by atoms with Crippen LogP contribution < -0.4 is 10.6 Å². The van der Waals surface area contributed by atoms with Crippen LogP contribution in [0.25, 0.3) is 28.0 Å². The van der Waals surface area contributed by atoms with Crippen molar-refractivity contribution in [2.24, 2.45) is 7.05 Å². The molecule has 9 heteroatoms. The van der Waals surface area contributed by atoms with Crippen LogP contribution in [0.4, 0.5) is 5.82 Å². The van der Waals surface area contributed by atoms with Crippen molar-refractivity contribution in [1.82, 2.24) is 34.7 Å². The quantitative estimate of drug-likeness (QED) is 0.572. The van der Waals surface area contributed by atoms with E-state index >= 15 is 0 Å². The Morgan fingerprint density at radius 3 is 2.63 bits per heavy atom. The van der Waals surface area contributed by atoms with E-state index in [0.29, 0.717) is 17.0 Å². The summed E-state index contributed by atoms with van der Waals surface area (Å²) in [6.45, 7) is 0. The molecule has 27 heavy (non-hydrogen) atoms. The van der Waals surface area contributed by atoms with Crippen molar-refractivity contribution in [3.8, 4) is 22.4 Å². The maximum Gasteiger partial charge on any atom is 0.252 e. The highest BCUT2D eigenvalue weighted by atomic mass is 16.1. The topological polar surface area (TPSA) is 102 Å². The van der Waals surface area contributed by atoms with Crippen LogP contribution in [0.5, 0.6) is 0 Å². The van der Waals surface area contributed by atoms with Gasteiger partial charge in [-0.25, -0.2) is 9.50 Å². The van der Waals surface area contributed by atoms with Crippen LogP contribution in [0.3, 0.4) is 0 Å². The molecule has 0 fully saturated rings. The van der Waals surface area contributed by atoms with Crippen molar-refractivity contribution < 1.29 is 4.79 Å². The van der Waals surface area contributed by atoms with E-state index in [2.05, 4.69) is 30.8 Å². The molecule has 0 bridgehead atoms. The molecule has 2 N–H and O–H groups in total. The van der Waals surface area contributed by atoms with Gasteiger partial charge < -0.3 is 10.6 Å². The third-order valence-corrected chi connectivity index (χ3v) is 4.27. The highest BCUT2D eigenvalue weighted by molar-refractivity contribution is 5.94. The normalized spacial score (nSPS) is 10.9. The lowest BCUT2D eigenvalue weighted by atomic mass is 10.1. The number of amides is 1. The molecule has 4 heterocycles. The number of anilines is 1. The predicted octanol–water partition coefficient (Wildman–Crippen LogP) is 1.59. The van der Waals surface area contributed by atoms with Crippen LogP contribution in [0.2, 0.25) is 0 Å². The molecule has 0 aliphatic rings. The fourth-order valence-electron chi connectivity index (χ4n) is 2.93. The molecule has 0 aliphatic carbocycles. The minimum atomic E-state index is -0.194. The van der Waals surface area contributed by atoms with Gasteiger partial charge in [0.05, 0.1) is 23.7 Å². The zero-order valence-electron chi connectivity index (χ0n) is 15.1. The first-order valence-corrected chi connectivity index (χ1v) is 8.33. The summed E-state index contributed by atoms with van der Waals surface area (Å²) in [6, 6.07) is 3.72. The molecular weight excluding hydrogens is 344 g/mol. The van der Waals surface area contributed by atoms with Gasteiger partial charge in [-0.05, 0) is 12.1 Å². The number of aryl methyl sites for hydroxylation is 1. The van der Waals surface area contributed by atoms with Gasteiger partial charge in [0, 0.05) is 56.4 Å². The van der Waals surface area contributed by atoms with Gasteiger partial charge >= 0.3 is 0 Å². The Balaban J connectivity index is 1.86. The summed E-state index contributed by atoms with van der Waals surface area (Å²) in [5, 5.41) is 14.6. The van der Waals surface area contributed by atoms with Crippen molar-refractivity contribution in [3.05, 3.63) is 48.7 Å². The second kappa shape index (κ2) is 6.52. The monoisotopic (exact) mass is 362 g/mol. The molecule has 4 aromatic rings. The zero-order valence-corrected chi connectivity index (χ0v) is 15.1. The van der Waals surface area contributed by atoms with Gasteiger partial charge in [0.2, 0.25) is 0 Å². The molecule has 0 spiro atoms. The van der Waals surface area contributed by atoms with Gasteiger partial charge in [-0.15, -0.1) is 5.10 Å². The molecule has 0 radical (unpaired) electrons. The van der Waals surface area contributed by atoms with Crippen molar-refractivity contribution in [2.45, 2.75) is 0 Å². The van der Waals surface area contributed by atoms with Gasteiger partial charge in [-0.1, -0.05) is 0 Å². The lowest BCUT2D eigenvalue weighted by Crippen LogP contribution is -2.17. The lowest BCUT2D eigenvalue weighted by molar-refractivity contribution is 0.0963. The first-order valence-electron chi connectivity index (χ1n) is 8.33. The van der Waals surface area contributed by atoms with E-state index < -0.39 is 0 Å². The van der Waals surface area contributed by atoms with E-state index in [1.807, 2.05) is 26.4 Å². The Bertz CT molecular complexity index is 1140. The van der Waals surface area contributed by atoms with E-state index in [0.717, 1.165) is 22.4 Å². The molecule has 0 aliphatic heterocycles. The number of imidazole rings is 1. The third-order valence-electron chi connectivity index (χ3n) is 4.27. The number of rotatable bonds is 4. The van der Waals surface area contributed by atoms with Crippen molar-refractivity contribution in [2.75, 3.05) is 19.4 Å². The summed E-state index contributed by atoms with van der Waals surface area (Å²) in [4.78, 5) is 20.5. The van der Waals surface area contributed by atoms with Crippen LogP contribution in [0.15, 0.2) is 43.1 Å². The number of pyridine rings is 1. The Hall–Kier alpha value is -3.75. The zero-order chi connectivity index (χ0) is 19.0. The highest BCUT2D eigenvalue weighted by Gasteiger charge is 2.15. The van der Waals surface area contributed by atoms with Crippen LogP contribution >= 0.6 is 0 Å². The molecule has 0 atom stereocenters. The van der Waals surface area contributed by atoms with Crippen LogP contribution in [-0.4, -0.2) is 49.4 Å². The molecule has 0 saturated heterocycles. The predicted molar refractivity (Wildman–Crippen MR) is 101 cm³/mol. The summed E-state index contributed by atoms with van der Waals surface area (Å²) >= 11 is 0. The fourth-order valence-corrected chi connectivity index (χ4v) is 2.93. The average Bonchev–Trinajstić information content (AvgIpc) is 3.32. The highest BCUT2D eigenvalue weighted by Crippen LogP contribution is 2.29. The SMILES string of the molecule is CNC(=O)c1cncc(-c2cnc3cc(-c4cnn(C)c4)c(NC)nn23)c1. The van der Waals surface area contributed by atoms with E-state index in [4.69, 9.17) is 0 Å². The number of hydrogen-bond donors (Lipinski definition) is 2. The van der Waals surface area contributed by atoms with E-state index in [1.165, 1.54) is 6.20 Å². The molecule has 0 saturated carbocycles. The van der Waals surface area contributed by atoms with E-state index in [-0.39, 0.29) is 5.91 Å². The number of carbonyl (C=O) groups is 1. The summed E-state index contributed by atoms with van der Waals surface area (Å²) in [5.74, 6) is 0.506. The molecule has 136 valence electrons. The maximum atomic E-state index is 11.9. The molecule has 1 amide bonds. The third kappa shape index (κ3) is 2.88. The van der Waals surface area contributed by atoms with Crippen molar-refractivity contribution in [1.29, 1.82) is 0 Å². The van der Waals surface area contributed by atoms with Gasteiger partial charge in [0.1, 0.15) is 0 Å². The Morgan fingerprint density at radius 1 is 1.07 bits per heavy atom. The first-order chi connectivity index (χ1) is 13.1. The second-order valence-corrected chi connectivity index (χ2v) is 6.01. The van der Waals surface area contributed by atoms with Gasteiger partial charge in [-0.3, -0.25) is 14.5 Å². The van der Waals surface area contributed by atoms with Gasteiger partial charge in [-0.2, -0.15) is 5.10 Å². The minimum absolute atomic E-state index is 0.194. The average molecular weight is 362 g/mol. The molecule has 9 nitrogen and oxygen atoms in total. The van der Waals surface area contributed by atoms with Gasteiger partial charge in [0.15, 0.2) is 11.5 Å². The lowest BCUT2D eigenvalue weighted by Gasteiger charge is -2.09. The van der Waals surface area contributed by atoms with Crippen LogP contribution in [0, 0.1) is 0 Å². The van der Waals surface area contributed by atoms with Crippen LogP contribution in [0.1, 0.15) is 10.4 Å². The van der Waals surface area contributed by atoms with E-state index in [9.17, 15) is 4.79 Å². The van der Waals surface area contributed by atoms with Gasteiger partial charge in [0.25, 0.3) is 5.91 Å². The summed E-state index contributed by atoms with van der Waals surface area (Å²) < 4.78 is 3.47. The minimum Gasteiger partial charge on any atom is -0.371 e. The standard InChI is InChI=1S/C18H18N8O/c1-19-17-14(13-8-23-25(3)10-13)5-16-22-9-15(26(16)24-17)11-4-12(7-21-6-11)18(27)20-2/h4-10H,1-3H3,(H,19,24)(H,20,27). The number of hydrogen-bond acceptors (Lipinski definition) is 6. The molecular formula is C18H18N8O. The Kier molecular flexibility index (Phi) is 4.03. The number of aromatic nitrogens is 6. The Morgan fingerprint density at radius 2 is 1.93 bits per heavy atom. The number of nitrogens with one attached hydrogen (secondary N) is 2. The summed E-state index contributed by atoms with van der Waals surface area (Å²) in [7, 11) is 5.27. The largest absolute Gasteiger partial charge is 0.371 e. The molecule has 0 unspecified atom stereocenters. The maximum absolute atomic E-state index is 11.9. The molecule has 4 aromatic heterocycles. The Labute approximate surface area is 155 Å². The smallest absolute Gasteiger partial charge is 0.252 e. The summed E-state index contributed by atoms with van der Waals surface area (Å²) in [6.07, 6.45) is 8.65. The fraction of sp³-hybridized carbons (Fsp3) is 0.167. The van der Waals surface area contributed by atoms with E-state index in [1.54, 1.807) is 40.9 Å².